The first-order valence-corrected chi connectivity index (χ1v) is 14.8. The molecule has 0 saturated carbocycles. The second-order valence-corrected chi connectivity index (χ2v) is 11.9. The van der Waals surface area contributed by atoms with Crippen molar-refractivity contribution in [2.24, 2.45) is 0 Å². The number of nitrogens with one attached hydrogen (secondary N) is 1. The van der Waals surface area contributed by atoms with Crippen LogP contribution in [0.1, 0.15) is 81.3 Å². The van der Waals surface area contributed by atoms with Crippen molar-refractivity contribution < 1.29 is 49.0 Å². The van der Waals surface area contributed by atoms with Gasteiger partial charge in [-0.25, -0.2) is 0 Å². The predicted molar refractivity (Wildman–Crippen MR) is 159 cm³/mol. The third-order valence-electron chi connectivity index (χ3n) is 9.15. The van der Waals surface area contributed by atoms with Gasteiger partial charge in [0.25, 0.3) is 0 Å². The number of fused-ring (bicyclic) bond motifs is 3. The van der Waals surface area contributed by atoms with Gasteiger partial charge in [-0.05, 0) is 25.5 Å². The minimum atomic E-state index is -2.02. The second kappa shape index (κ2) is 11.7. The fraction of sp³-hybridized carbons (Fsp3) is 0.382. The SMILES string of the molecule is COc1cccc2c1C(=O)c1c(O)c3c(c(O)c1C2=O)C[C@@](O)(C(C)=O)C[C@H]3OC1CC(O)C(NCc2ccccc2)C(C)O1. The lowest BCUT2D eigenvalue weighted by atomic mass is 9.72. The number of methoxy groups -OCH3 is 1. The molecular formula is C34H35NO10. The zero-order chi connectivity index (χ0) is 32.2. The lowest BCUT2D eigenvalue weighted by Gasteiger charge is -2.43. The van der Waals surface area contributed by atoms with Crippen molar-refractivity contribution in [3.05, 3.63) is 87.5 Å². The van der Waals surface area contributed by atoms with Gasteiger partial charge in [0.1, 0.15) is 22.8 Å². The summed E-state index contributed by atoms with van der Waals surface area (Å²) in [5.74, 6) is -3.16. The summed E-state index contributed by atoms with van der Waals surface area (Å²) in [7, 11) is 1.35. The van der Waals surface area contributed by atoms with Gasteiger partial charge in [0, 0.05) is 42.5 Å². The zero-order valence-electron chi connectivity index (χ0n) is 25.1. The second-order valence-electron chi connectivity index (χ2n) is 11.9. The van der Waals surface area contributed by atoms with E-state index >= 15 is 0 Å². The van der Waals surface area contributed by atoms with E-state index < -0.39 is 82.6 Å². The Balaban J connectivity index is 1.35. The molecule has 2 aliphatic carbocycles. The number of phenols is 2. The first-order chi connectivity index (χ1) is 21.4. The van der Waals surface area contributed by atoms with Crippen LogP contribution in [-0.2, 0) is 27.2 Å². The number of carbonyl (C=O) groups is 3. The van der Waals surface area contributed by atoms with Crippen LogP contribution in [0, 0.1) is 0 Å². The fourth-order valence-corrected chi connectivity index (χ4v) is 6.74. The maximum atomic E-state index is 13.8. The Labute approximate surface area is 259 Å². The summed E-state index contributed by atoms with van der Waals surface area (Å²) in [6.45, 7) is 3.47. The summed E-state index contributed by atoms with van der Waals surface area (Å²) in [4.78, 5) is 40.1. The maximum absolute atomic E-state index is 13.8. The number of ketones is 3. The minimum Gasteiger partial charge on any atom is -0.507 e. The van der Waals surface area contributed by atoms with Crippen LogP contribution in [0.25, 0.3) is 0 Å². The topological polar surface area (TPSA) is 172 Å². The molecule has 0 bridgehead atoms. The molecule has 1 heterocycles. The minimum absolute atomic E-state index is 0.0130. The lowest BCUT2D eigenvalue weighted by Crippen LogP contribution is -2.55. The predicted octanol–water partition coefficient (Wildman–Crippen LogP) is 2.86. The molecule has 1 aliphatic heterocycles. The van der Waals surface area contributed by atoms with E-state index in [1.165, 1.54) is 32.2 Å². The van der Waals surface area contributed by atoms with Gasteiger partial charge in [-0.1, -0.05) is 42.5 Å². The number of carbonyl (C=O) groups excluding carboxylic acids is 3. The number of ether oxygens (including phenoxy) is 3. The highest BCUT2D eigenvalue weighted by Crippen LogP contribution is 2.52. The van der Waals surface area contributed by atoms with Gasteiger partial charge in [0.2, 0.25) is 5.78 Å². The molecule has 0 aromatic heterocycles. The summed E-state index contributed by atoms with van der Waals surface area (Å²) in [5.41, 5.74) is -2.01. The third-order valence-corrected chi connectivity index (χ3v) is 9.15. The largest absolute Gasteiger partial charge is 0.507 e. The highest BCUT2D eigenvalue weighted by molar-refractivity contribution is 6.31. The van der Waals surface area contributed by atoms with Crippen LogP contribution in [0.4, 0.5) is 0 Å². The summed E-state index contributed by atoms with van der Waals surface area (Å²) < 4.78 is 17.7. The first kappa shape index (κ1) is 30.9. The van der Waals surface area contributed by atoms with Crippen molar-refractivity contribution in [2.45, 2.75) is 75.9 Å². The third kappa shape index (κ3) is 5.20. The van der Waals surface area contributed by atoms with Crippen LogP contribution in [-0.4, -0.2) is 75.0 Å². The van der Waals surface area contributed by atoms with Crippen LogP contribution in [0.2, 0.25) is 0 Å². The molecule has 0 radical (unpaired) electrons. The highest BCUT2D eigenvalue weighted by Gasteiger charge is 2.49. The highest BCUT2D eigenvalue weighted by atomic mass is 16.7. The van der Waals surface area contributed by atoms with Crippen molar-refractivity contribution >= 4 is 17.3 Å². The fourth-order valence-electron chi connectivity index (χ4n) is 6.74. The van der Waals surface area contributed by atoms with Gasteiger partial charge >= 0.3 is 0 Å². The Morgan fingerprint density at radius 1 is 1.02 bits per heavy atom. The molecule has 3 aromatic rings. The lowest BCUT2D eigenvalue weighted by molar-refractivity contribution is -0.246. The van der Waals surface area contributed by atoms with E-state index in [1.807, 2.05) is 30.3 Å². The summed E-state index contributed by atoms with van der Waals surface area (Å²) >= 11 is 0. The number of benzene rings is 3. The Morgan fingerprint density at radius 2 is 1.73 bits per heavy atom. The Kier molecular flexibility index (Phi) is 8.00. The monoisotopic (exact) mass is 617 g/mol. The first-order valence-electron chi connectivity index (χ1n) is 14.8. The molecule has 6 atom stereocenters. The van der Waals surface area contributed by atoms with Crippen molar-refractivity contribution in [2.75, 3.05) is 7.11 Å². The van der Waals surface area contributed by atoms with Crippen LogP contribution in [0.15, 0.2) is 48.5 Å². The Hall–Kier alpha value is -4.13. The molecule has 3 aliphatic rings. The smallest absolute Gasteiger partial charge is 0.202 e. The molecule has 45 heavy (non-hydrogen) atoms. The molecule has 1 saturated heterocycles. The molecule has 236 valence electrons. The number of hydrogen-bond donors (Lipinski definition) is 5. The molecule has 1 fully saturated rings. The number of phenolic OH excluding ortho intramolecular Hbond substituents is 2. The summed E-state index contributed by atoms with van der Waals surface area (Å²) in [5, 5.41) is 48.9. The van der Waals surface area contributed by atoms with Crippen LogP contribution >= 0.6 is 0 Å². The van der Waals surface area contributed by atoms with E-state index in [-0.39, 0.29) is 40.8 Å². The average Bonchev–Trinajstić information content (AvgIpc) is 3.01. The molecule has 6 rings (SSSR count). The van der Waals surface area contributed by atoms with Crippen molar-refractivity contribution in [3.8, 4) is 17.2 Å². The Morgan fingerprint density at radius 3 is 2.40 bits per heavy atom. The van der Waals surface area contributed by atoms with Gasteiger partial charge < -0.3 is 40.0 Å². The molecular weight excluding hydrogens is 582 g/mol. The number of hydrogen-bond acceptors (Lipinski definition) is 11. The normalized spacial score (nSPS) is 27.4. The van der Waals surface area contributed by atoms with Gasteiger partial charge in [-0.3, -0.25) is 14.4 Å². The van der Waals surface area contributed by atoms with Gasteiger partial charge in [-0.15, -0.1) is 0 Å². The van der Waals surface area contributed by atoms with E-state index in [0.717, 1.165) is 5.56 Å². The quantitative estimate of drug-likeness (QED) is 0.193. The number of aromatic hydroxyl groups is 2. The van der Waals surface area contributed by atoms with E-state index in [1.54, 1.807) is 6.92 Å². The number of aliphatic hydroxyl groups excluding tert-OH is 1. The van der Waals surface area contributed by atoms with Gasteiger partial charge in [-0.2, -0.15) is 0 Å². The van der Waals surface area contributed by atoms with E-state index in [2.05, 4.69) is 5.32 Å². The summed E-state index contributed by atoms with van der Waals surface area (Å²) in [6, 6.07) is 13.7. The number of rotatable bonds is 7. The zero-order valence-corrected chi connectivity index (χ0v) is 25.1. The van der Waals surface area contributed by atoms with E-state index in [9.17, 15) is 34.8 Å². The standard InChI is InChI=1S/C34H35NO10/c1-16-29(35-15-18-8-5-4-6-9-18)21(37)12-24(44-16)45-23-14-34(42,17(2)36)13-20-26(23)33(41)28-27(31(20)39)30(38)19-10-7-11-22(43-3)25(19)32(28)40/h4-11,16,21,23-24,29,35,37,39,41-42H,12-15H2,1-3H3/t16?,21?,23-,24?,29?,34+/m1/s1. The molecule has 11 heteroatoms. The van der Waals surface area contributed by atoms with E-state index in [0.29, 0.717) is 6.54 Å². The Bertz CT molecular complexity index is 1680. The van der Waals surface area contributed by atoms with E-state index in [4.69, 9.17) is 14.2 Å². The van der Waals surface area contributed by atoms with Gasteiger partial charge in [0.05, 0.1) is 48.2 Å². The molecule has 3 aromatic carbocycles. The van der Waals surface area contributed by atoms with Crippen LogP contribution in [0.5, 0.6) is 17.2 Å². The van der Waals surface area contributed by atoms with Crippen LogP contribution < -0.4 is 10.1 Å². The molecule has 0 amide bonds. The molecule has 11 nitrogen and oxygen atoms in total. The molecule has 5 N–H and O–H groups in total. The number of aliphatic hydroxyl groups is 2. The molecule has 4 unspecified atom stereocenters. The van der Waals surface area contributed by atoms with Crippen molar-refractivity contribution in [1.82, 2.24) is 5.32 Å². The number of Topliss-reactive ketones (excluding diaryl/α,β-unsaturated/α-hetero) is 1. The van der Waals surface area contributed by atoms with Crippen molar-refractivity contribution in [1.29, 1.82) is 0 Å². The average molecular weight is 618 g/mol. The van der Waals surface area contributed by atoms with Crippen LogP contribution in [0.3, 0.4) is 0 Å². The summed E-state index contributed by atoms with van der Waals surface area (Å²) in [6.07, 6.45) is -4.44. The van der Waals surface area contributed by atoms with Gasteiger partial charge in [0.15, 0.2) is 17.9 Å². The maximum Gasteiger partial charge on any atom is 0.202 e. The molecule has 0 spiro atoms. The van der Waals surface area contributed by atoms with Crippen molar-refractivity contribution in [3.63, 3.8) is 0 Å².